The Bertz CT molecular complexity index is 655. The van der Waals surface area contributed by atoms with E-state index in [9.17, 15) is 18.0 Å². The van der Waals surface area contributed by atoms with Crippen LogP contribution >= 0.6 is 0 Å². The van der Waals surface area contributed by atoms with Crippen molar-refractivity contribution in [1.82, 2.24) is 14.7 Å². The average molecular weight is 400 g/mol. The molecule has 2 saturated heterocycles. The van der Waals surface area contributed by atoms with Crippen LogP contribution in [0.15, 0.2) is 24.3 Å². The summed E-state index contributed by atoms with van der Waals surface area (Å²) >= 11 is 0. The fourth-order valence-electron chi connectivity index (χ4n) is 3.70. The molecule has 0 bridgehead atoms. The third kappa shape index (κ3) is 5.36. The fraction of sp³-hybridized carbons (Fsp3) is 0.632. The summed E-state index contributed by atoms with van der Waals surface area (Å²) in [6.07, 6.45) is -4.35. The molecule has 2 fully saturated rings. The minimum absolute atomic E-state index is 0.0688. The van der Waals surface area contributed by atoms with Gasteiger partial charge in [-0.25, -0.2) is 0 Å². The molecule has 0 aliphatic carbocycles. The van der Waals surface area contributed by atoms with Crippen LogP contribution in [-0.4, -0.2) is 97.8 Å². The van der Waals surface area contributed by atoms with Gasteiger partial charge in [-0.05, 0) is 18.2 Å². The van der Waals surface area contributed by atoms with Gasteiger partial charge >= 0.3 is 6.18 Å². The minimum atomic E-state index is -4.35. The largest absolute Gasteiger partial charge is 0.416 e. The molecular formula is C19H27F3N4O2. The van der Waals surface area contributed by atoms with E-state index < -0.39 is 11.7 Å². The minimum Gasteiger partial charge on any atom is -0.395 e. The van der Waals surface area contributed by atoms with E-state index in [1.807, 2.05) is 4.90 Å². The third-order valence-corrected chi connectivity index (χ3v) is 5.41. The van der Waals surface area contributed by atoms with Crippen molar-refractivity contribution < 1.29 is 23.1 Å². The van der Waals surface area contributed by atoms with Crippen molar-refractivity contribution in [2.45, 2.75) is 6.18 Å². The number of hydrogen-bond acceptors (Lipinski definition) is 5. The van der Waals surface area contributed by atoms with E-state index in [0.29, 0.717) is 45.0 Å². The zero-order valence-electron chi connectivity index (χ0n) is 15.9. The second-order valence-electron chi connectivity index (χ2n) is 7.26. The van der Waals surface area contributed by atoms with Crippen LogP contribution in [0.5, 0.6) is 0 Å². The highest BCUT2D eigenvalue weighted by molar-refractivity contribution is 5.78. The monoisotopic (exact) mass is 400 g/mol. The Hall–Kier alpha value is -1.84. The number of halogens is 3. The molecule has 2 aliphatic rings. The highest BCUT2D eigenvalue weighted by Crippen LogP contribution is 2.31. The summed E-state index contributed by atoms with van der Waals surface area (Å²) in [4.78, 5) is 20.6. The summed E-state index contributed by atoms with van der Waals surface area (Å²) < 4.78 is 38.7. The first-order valence-corrected chi connectivity index (χ1v) is 9.62. The fourth-order valence-corrected chi connectivity index (χ4v) is 3.70. The Morgan fingerprint density at radius 3 is 2.21 bits per heavy atom. The maximum absolute atomic E-state index is 12.9. The maximum atomic E-state index is 12.9. The lowest BCUT2D eigenvalue weighted by Crippen LogP contribution is -2.54. The number of piperazine rings is 2. The molecule has 2 heterocycles. The lowest BCUT2D eigenvalue weighted by Gasteiger charge is -2.38. The number of rotatable bonds is 5. The van der Waals surface area contributed by atoms with E-state index in [2.05, 4.69) is 9.80 Å². The number of aliphatic hydroxyl groups excluding tert-OH is 1. The van der Waals surface area contributed by atoms with E-state index >= 15 is 0 Å². The van der Waals surface area contributed by atoms with E-state index in [4.69, 9.17) is 5.11 Å². The van der Waals surface area contributed by atoms with E-state index in [1.54, 1.807) is 11.0 Å². The summed E-state index contributed by atoms with van der Waals surface area (Å²) in [7, 11) is 0. The molecule has 3 rings (SSSR count). The number of carbonyl (C=O) groups is 1. The third-order valence-electron chi connectivity index (χ3n) is 5.41. The van der Waals surface area contributed by atoms with Gasteiger partial charge in [0, 0.05) is 64.6 Å². The number of benzene rings is 1. The van der Waals surface area contributed by atoms with Crippen molar-refractivity contribution >= 4 is 11.6 Å². The Morgan fingerprint density at radius 2 is 1.61 bits per heavy atom. The lowest BCUT2D eigenvalue weighted by molar-refractivity contribution is -0.137. The van der Waals surface area contributed by atoms with Crippen LogP contribution < -0.4 is 4.90 Å². The van der Waals surface area contributed by atoms with E-state index in [1.165, 1.54) is 12.1 Å². The summed E-state index contributed by atoms with van der Waals surface area (Å²) in [5.74, 6) is 0.0688. The standard InChI is InChI=1S/C19H27F3N4O2/c20-19(21,22)16-2-1-3-17(14-16)25-8-10-26(11-9-25)18(28)15-24-6-4-23(5-7-24)12-13-27/h1-3,14,27H,4-13,15H2. The number of β-amino-alcohol motifs (C(OH)–C–C–N with tert-alkyl or cyclic N) is 1. The smallest absolute Gasteiger partial charge is 0.395 e. The molecule has 1 amide bonds. The SMILES string of the molecule is O=C(CN1CCN(CCO)CC1)N1CCN(c2cccc(C(F)(F)F)c2)CC1. The van der Waals surface area contributed by atoms with Crippen molar-refractivity contribution in [3.05, 3.63) is 29.8 Å². The maximum Gasteiger partial charge on any atom is 0.416 e. The number of hydrogen-bond donors (Lipinski definition) is 1. The molecule has 0 radical (unpaired) electrons. The van der Waals surface area contributed by atoms with Gasteiger partial charge in [0.05, 0.1) is 18.7 Å². The molecule has 156 valence electrons. The van der Waals surface area contributed by atoms with Gasteiger partial charge in [-0.3, -0.25) is 14.6 Å². The molecule has 0 unspecified atom stereocenters. The van der Waals surface area contributed by atoms with Crippen LogP contribution in [0, 0.1) is 0 Å². The second-order valence-corrected chi connectivity index (χ2v) is 7.26. The van der Waals surface area contributed by atoms with Gasteiger partial charge < -0.3 is 14.9 Å². The van der Waals surface area contributed by atoms with Crippen LogP contribution in [0.2, 0.25) is 0 Å². The Kier molecular flexibility index (Phi) is 6.79. The summed E-state index contributed by atoms with van der Waals surface area (Å²) in [6.45, 7) is 6.55. The molecule has 2 aliphatic heterocycles. The van der Waals surface area contributed by atoms with Crippen LogP contribution in [-0.2, 0) is 11.0 Å². The van der Waals surface area contributed by atoms with Crippen molar-refractivity contribution in [2.75, 3.05) is 77.0 Å². The summed E-state index contributed by atoms with van der Waals surface area (Å²) in [5, 5.41) is 8.98. The first-order valence-electron chi connectivity index (χ1n) is 9.62. The molecule has 0 spiro atoms. The molecule has 0 atom stereocenters. The first kappa shape index (κ1) is 20.9. The second kappa shape index (κ2) is 9.11. The molecule has 0 saturated carbocycles. The Labute approximate surface area is 163 Å². The average Bonchev–Trinajstić information content (AvgIpc) is 2.69. The van der Waals surface area contributed by atoms with Gasteiger partial charge in [0.2, 0.25) is 5.91 Å². The van der Waals surface area contributed by atoms with Crippen molar-refractivity contribution in [1.29, 1.82) is 0 Å². The number of aliphatic hydroxyl groups is 1. The van der Waals surface area contributed by atoms with Gasteiger partial charge in [0.1, 0.15) is 0 Å². The van der Waals surface area contributed by atoms with Crippen LogP contribution in [0.3, 0.4) is 0 Å². The summed E-state index contributed by atoms with van der Waals surface area (Å²) in [6, 6.07) is 5.34. The molecule has 9 heteroatoms. The van der Waals surface area contributed by atoms with Crippen LogP contribution in [0.25, 0.3) is 0 Å². The zero-order valence-corrected chi connectivity index (χ0v) is 15.9. The quantitative estimate of drug-likeness (QED) is 0.798. The number of anilines is 1. The van der Waals surface area contributed by atoms with Crippen molar-refractivity contribution in [3.63, 3.8) is 0 Å². The topological polar surface area (TPSA) is 50.3 Å². The van der Waals surface area contributed by atoms with E-state index in [0.717, 1.165) is 32.2 Å². The predicted octanol–water partition coefficient (Wildman–Crippen LogP) is 0.964. The highest BCUT2D eigenvalue weighted by Gasteiger charge is 2.31. The molecule has 28 heavy (non-hydrogen) atoms. The zero-order chi connectivity index (χ0) is 20.1. The number of alkyl halides is 3. The van der Waals surface area contributed by atoms with Crippen LogP contribution in [0.4, 0.5) is 18.9 Å². The molecule has 0 aromatic heterocycles. The van der Waals surface area contributed by atoms with Gasteiger partial charge in [0.25, 0.3) is 0 Å². The molecule has 1 aromatic rings. The van der Waals surface area contributed by atoms with Crippen LogP contribution in [0.1, 0.15) is 5.56 Å². The number of carbonyl (C=O) groups excluding carboxylic acids is 1. The Balaban J connectivity index is 1.47. The highest BCUT2D eigenvalue weighted by atomic mass is 19.4. The first-order chi connectivity index (χ1) is 13.4. The van der Waals surface area contributed by atoms with Gasteiger partial charge in [-0.1, -0.05) is 6.07 Å². The molecular weight excluding hydrogens is 373 g/mol. The van der Waals surface area contributed by atoms with E-state index in [-0.39, 0.29) is 12.5 Å². The summed E-state index contributed by atoms with van der Waals surface area (Å²) in [5.41, 5.74) is -0.106. The van der Waals surface area contributed by atoms with Crippen molar-refractivity contribution in [3.8, 4) is 0 Å². The van der Waals surface area contributed by atoms with Gasteiger partial charge in [-0.15, -0.1) is 0 Å². The normalized spacial score (nSPS) is 19.9. The molecule has 1 aromatic carbocycles. The van der Waals surface area contributed by atoms with Gasteiger partial charge in [-0.2, -0.15) is 13.2 Å². The predicted molar refractivity (Wildman–Crippen MR) is 100 cm³/mol. The van der Waals surface area contributed by atoms with Crippen molar-refractivity contribution in [2.24, 2.45) is 0 Å². The number of amides is 1. The van der Waals surface area contributed by atoms with Gasteiger partial charge in [0.15, 0.2) is 0 Å². The number of nitrogens with zero attached hydrogens (tertiary/aromatic N) is 4. The Morgan fingerprint density at radius 1 is 0.964 bits per heavy atom. The molecule has 1 N–H and O–H groups in total. The lowest BCUT2D eigenvalue weighted by atomic mass is 10.1. The molecule has 6 nitrogen and oxygen atoms in total.